The fourth-order valence-corrected chi connectivity index (χ4v) is 3.90. The first-order valence-electron chi connectivity index (χ1n) is 7.60. The Hall–Kier alpha value is -0.443. The van der Waals surface area contributed by atoms with Gasteiger partial charge in [0.2, 0.25) is 0 Å². The maximum absolute atomic E-state index is 2.52. The average Bonchev–Trinajstić information content (AvgIpc) is 2.60. The van der Waals surface area contributed by atoms with Crippen molar-refractivity contribution in [2.45, 2.75) is 62.9 Å². The van der Waals surface area contributed by atoms with Crippen molar-refractivity contribution in [3.8, 4) is 0 Å². The quantitative estimate of drug-likeness (QED) is 0.584. The molecule has 1 aromatic rings. The van der Waals surface area contributed by atoms with E-state index in [4.69, 9.17) is 0 Å². The fourth-order valence-electron chi connectivity index (χ4n) is 3.90. The summed E-state index contributed by atoms with van der Waals surface area (Å²) in [5.74, 6) is 0. The van der Waals surface area contributed by atoms with Crippen molar-refractivity contribution in [1.29, 1.82) is 0 Å². The summed E-state index contributed by atoms with van der Waals surface area (Å²) in [6, 6.07) is 5.02. The van der Waals surface area contributed by atoms with Gasteiger partial charge < -0.3 is 0 Å². The minimum absolute atomic E-state index is 0.325. The van der Waals surface area contributed by atoms with Crippen LogP contribution in [0.15, 0.2) is 18.2 Å². The van der Waals surface area contributed by atoms with Crippen molar-refractivity contribution in [3.63, 3.8) is 0 Å². The summed E-state index contributed by atoms with van der Waals surface area (Å²) < 4.78 is 0.584. The number of fused-ring (bicyclic) bond motifs is 2. The van der Waals surface area contributed by atoms with Crippen molar-refractivity contribution < 1.29 is 0 Å². The topological polar surface area (TPSA) is 0 Å². The zero-order valence-electron chi connectivity index (χ0n) is 13.2. The molecule has 0 aromatic heterocycles. The van der Waals surface area contributed by atoms with Gasteiger partial charge in [0.05, 0.1) is 0 Å². The molecule has 1 aromatic carbocycles. The van der Waals surface area contributed by atoms with Crippen LogP contribution in [0.25, 0.3) is 5.57 Å². The molecule has 2 aliphatic rings. The summed E-state index contributed by atoms with van der Waals surface area (Å²) >= 11 is 2.32. The van der Waals surface area contributed by atoms with Gasteiger partial charge in [0.15, 0.2) is 0 Å². The van der Waals surface area contributed by atoms with Gasteiger partial charge in [-0.05, 0) is 0 Å². The summed E-state index contributed by atoms with van der Waals surface area (Å²) in [6.07, 6.45) is 5.01. The third-order valence-corrected chi connectivity index (χ3v) is 5.44. The van der Waals surface area contributed by atoms with E-state index in [1.165, 1.54) is 24.0 Å². The third-order valence-electron chi connectivity index (χ3n) is 5.44. The summed E-state index contributed by atoms with van der Waals surface area (Å²) in [7, 11) is 0. The standard InChI is InChI=1S/C18H23.Li/c1-12-6-7-13-10-15-16(11-14(12)13)18(4,5)9-8-17(15,2)3;/h6-7,10-11H,8-9H2,1-5H3;. The molecule has 0 amide bonds. The molecule has 2 aliphatic carbocycles. The van der Waals surface area contributed by atoms with Crippen LogP contribution in [-0.4, -0.2) is 17.7 Å². The predicted molar refractivity (Wildman–Crippen MR) is 83.9 cm³/mol. The molecule has 0 saturated carbocycles. The second kappa shape index (κ2) is 4.03. The van der Waals surface area contributed by atoms with Gasteiger partial charge >= 0.3 is 127 Å². The van der Waals surface area contributed by atoms with E-state index in [2.05, 4.69) is 70.5 Å². The molecular weight excluding hydrogens is 223 g/mol. The number of rotatable bonds is 0. The molecule has 0 bridgehead atoms. The minimum atomic E-state index is 0.325. The second-order valence-corrected chi connectivity index (χ2v) is 7.89. The zero-order valence-corrected chi connectivity index (χ0v) is 13.2. The molecule has 0 nitrogen and oxygen atoms in total. The van der Waals surface area contributed by atoms with Gasteiger partial charge in [-0.2, -0.15) is 0 Å². The molecule has 0 spiro atoms. The van der Waals surface area contributed by atoms with Gasteiger partial charge in [-0.15, -0.1) is 0 Å². The van der Waals surface area contributed by atoms with Crippen LogP contribution in [0.3, 0.4) is 0 Å². The molecule has 1 unspecified atom stereocenters. The van der Waals surface area contributed by atoms with Crippen LogP contribution in [0.4, 0.5) is 0 Å². The van der Waals surface area contributed by atoms with Crippen LogP contribution in [0.2, 0.25) is 0 Å². The van der Waals surface area contributed by atoms with Gasteiger partial charge in [0.25, 0.3) is 0 Å². The van der Waals surface area contributed by atoms with Gasteiger partial charge in [0.1, 0.15) is 0 Å². The van der Waals surface area contributed by atoms with E-state index in [9.17, 15) is 0 Å². The summed E-state index contributed by atoms with van der Waals surface area (Å²) in [6.45, 7) is 11.9. The molecular formula is C18H23Li. The predicted octanol–water partition coefficient (Wildman–Crippen LogP) is 4.66. The van der Waals surface area contributed by atoms with Crippen LogP contribution in [-0.2, 0) is 10.8 Å². The molecule has 0 aliphatic heterocycles. The molecule has 96 valence electrons. The second-order valence-electron chi connectivity index (χ2n) is 7.89. The van der Waals surface area contributed by atoms with E-state index in [0.717, 1.165) is 0 Å². The molecule has 0 fully saturated rings. The van der Waals surface area contributed by atoms with Crippen molar-refractivity contribution in [2.24, 2.45) is 0 Å². The number of allylic oxidation sites excluding steroid dienone is 2. The fraction of sp³-hybridized carbons (Fsp3) is 0.556. The molecule has 0 N–H and O–H groups in total. The van der Waals surface area contributed by atoms with E-state index in [1.807, 2.05) is 0 Å². The van der Waals surface area contributed by atoms with Crippen LogP contribution in [0, 0.1) is 0 Å². The SMILES string of the molecule is [Li][CH]1C=C(C)c2cc3c(cc21)C(C)(C)CCC3(C)C. The molecule has 19 heavy (non-hydrogen) atoms. The van der Waals surface area contributed by atoms with Crippen LogP contribution >= 0.6 is 0 Å². The van der Waals surface area contributed by atoms with Gasteiger partial charge in [-0.3, -0.25) is 0 Å². The van der Waals surface area contributed by atoms with Crippen molar-refractivity contribution in [3.05, 3.63) is 40.5 Å². The van der Waals surface area contributed by atoms with Gasteiger partial charge in [-0.1, -0.05) is 0 Å². The summed E-state index contributed by atoms with van der Waals surface area (Å²) in [5.41, 5.74) is 8.34. The molecule has 0 saturated heterocycles. The maximum atomic E-state index is 2.52. The average molecular weight is 246 g/mol. The number of hydrogen-bond donors (Lipinski definition) is 0. The summed E-state index contributed by atoms with van der Waals surface area (Å²) in [4.78, 5) is 0. The van der Waals surface area contributed by atoms with E-state index in [1.54, 1.807) is 16.7 Å². The summed E-state index contributed by atoms with van der Waals surface area (Å²) in [5, 5.41) is 0. The molecule has 0 radical (unpaired) electrons. The van der Waals surface area contributed by atoms with Crippen molar-refractivity contribution in [1.82, 2.24) is 0 Å². The van der Waals surface area contributed by atoms with Gasteiger partial charge in [-0.25, -0.2) is 0 Å². The number of benzene rings is 1. The molecule has 3 rings (SSSR count). The Morgan fingerprint density at radius 1 is 1.00 bits per heavy atom. The van der Waals surface area contributed by atoms with Crippen molar-refractivity contribution >= 4 is 23.3 Å². The zero-order chi connectivity index (χ0) is 14.0. The number of hydrogen-bond acceptors (Lipinski definition) is 0. The molecule has 1 atom stereocenters. The monoisotopic (exact) mass is 246 g/mol. The molecule has 0 heterocycles. The Morgan fingerprint density at radius 2 is 1.53 bits per heavy atom. The van der Waals surface area contributed by atoms with E-state index in [-0.39, 0.29) is 0 Å². The first-order valence-corrected chi connectivity index (χ1v) is 7.60. The van der Waals surface area contributed by atoms with Crippen LogP contribution in [0.5, 0.6) is 0 Å². The van der Waals surface area contributed by atoms with E-state index in [0.29, 0.717) is 15.4 Å². The Morgan fingerprint density at radius 3 is 2.11 bits per heavy atom. The molecule has 1 heteroatoms. The normalized spacial score (nSPS) is 26.7. The van der Waals surface area contributed by atoms with Gasteiger partial charge in [0, 0.05) is 0 Å². The van der Waals surface area contributed by atoms with Crippen molar-refractivity contribution in [2.75, 3.05) is 0 Å². The van der Waals surface area contributed by atoms with Crippen LogP contribution < -0.4 is 0 Å². The Labute approximate surface area is 126 Å². The van der Waals surface area contributed by atoms with E-state index >= 15 is 0 Å². The Bertz CT molecular complexity index is 576. The third kappa shape index (κ3) is 1.96. The first kappa shape index (κ1) is 13.5. The van der Waals surface area contributed by atoms with Crippen LogP contribution in [0.1, 0.15) is 74.3 Å². The Balaban J connectivity index is 2.28. The first-order chi connectivity index (χ1) is 8.72. The Kier molecular flexibility index (Phi) is 2.87. The van der Waals surface area contributed by atoms with E-state index < -0.39 is 0 Å².